The second-order valence-electron chi connectivity index (χ2n) is 23.8. The number of phosphoric acid groups is 1. The van der Waals surface area contributed by atoms with E-state index in [1.807, 2.05) is 21.1 Å². The van der Waals surface area contributed by atoms with Crippen molar-refractivity contribution in [3.63, 3.8) is 0 Å². The van der Waals surface area contributed by atoms with E-state index in [4.69, 9.17) is 9.05 Å². The predicted molar refractivity (Wildman–Crippen MR) is 332 cm³/mol. The van der Waals surface area contributed by atoms with Gasteiger partial charge in [0, 0.05) is 6.42 Å². The van der Waals surface area contributed by atoms with Crippen molar-refractivity contribution in [3.8, 4) is 0 Å². The van der Waals surface area contributed by atoms with Crippen LogP contribution in [0.3, 0.4) is 0 Å². The Morgan fingerprint density at radius 3 is 1.16 bits per heavy atom. The summed E-state index contributed by atoms with van der Waals surface area (Å²) in [5.74, 6) is -0.138. The molecule has 0 aromatic carbocycles. The first-order chi connectivity index (χ1) is 37.0. The fourth-order valence-corrected chi connectivity index (χ4v) is 10.7. The van der Waals surface area contributed by atoms with Crippen LogP contribution in [0.15, 0.2) is 48.6 Å². The molecule has 0 aliphatic heterocycles. The molecule has 0 fully saturated rings. The standard InChI is InChI=1S/C67H129N2O6P/c1-6-8-10-12-14-16-18-20-22-23-24-25-26-27-28-29-30-31-32-33-34-35-36-37-38-39-40-41-42-43-44-45-47-49-51-53-55-57-59-61-67(71)68-65(64-75-76(72,73)74-63-62-69(3,4)5)66(70)60-58-56-54-52-50-48-46-21-19-17-15-13-11-9-7-2/h8,10,14,16,20,22,24-25,65-66,70H,6-7,9,11-13,15,17-19,21,23,26-64H2,1-5H3,(H-,68,71,72,73)/p+1/b10-8-,16-14-,22-20-,25-24-. The minimum atomic E-state index is -4.32. The zero-order valence-corrected chi connectivity index (χ0v) is 52.2. The van der Waals surface area contributed by atoms with Gasteiger partial charge in [0.15, 0.2) is 0 Å². The van der Waals surface area contributed by atoms with Crippen molar-refractivity contribution in [1.29, 1.82) is 0 Å². The molecule has 76 heavy (non-hydrogen) atoms. The molecule has 0 spiro atoms. The van der Waals surface area contributed by atoms with Crippen LogP contribution in [0.1, 0.15) is 322 Å². The Morgan fingerprint density at radius 2 is 0.789 bits per heavy atom. The molecule has 0 aromatic rings. The van der Waals surface area contributed by atoms with Crippen LogP contribution in [0.5, 0.6) is 0 Å². The number of hydrogen-bond donors (Lipinski definition) is 3. The maximum atomic E-state index is 13.0. The lowest BCUT2D eigenvalue weighted by molar-refractivity contribution is -0.870. The third-order valence-corrected chi connectivity index (χ3v) is 16.1. The van der Waals surface area contributed by atoms with Gasteiger partial charge in [-0.3, -0.25) is 13.8 Å². The van der Waals surface area contributed by atoms with Crippen LogP contribution in [0, 0.1) is 0 Å². The van der Waals surface area contributed by atoms with Gasteiger partial charge in [0.25, 0.3) is 0 Å². The lowest BCUT2D eigenvalue weighted by atomic mass is 10.0. The van der Waals surface area contributed by atoms with Gasteiger partial charge in [-0.25, -0.2) is 4.57 Å². The van der Waals surface area contributed by atoms with Gasteiger partial charge in [0.1, 0.15) is 13.2 Å². The number of carbonyl (C=O) groups is 1. The summed E-state index contributed by atoms with van der Waals surface area (Å²) in [4.78, 5) is 23.4. The van der Waals surface area contributed by atoms with E-state index in [0.717, 1.165) is 64.2 Å². The van der Waals surface area contributed by atoms with E-state index in [9.17, 15) is 19.4 Å². The van der Waals surface area contributed by atoms with E-state index >= 15 is 0 Å². The van der Waals surface area contributed by atoms with Crippen molar-refractivity contribution in [3.05, 3.63) is 48.6 Å². The van der Waals surface area contributed by atoms with Gasteiger partial charge < -0.3 is 19.8 Å². The number of unbranched alkanes of at least 4 members (excludes halogenated alkanes) is 40. The molecule has 0 bridgehead atoms. The van der Waals surface area contributed by atoms with Gasteiger partial charge in [-0.1, -0.05) is 313 Å². The Kier molecular flexibility index (Phi) is 56.9. The first-order valence-corrected chi connectivity index (χ1v) is 34.5. The molecule has 0 heterocycles. The molecule has 0 saturated heterocycles. The zero-order chi connectivity index (χ0) is 55.6. The van der Waals surface area contributed by atoms with Gasteiger partial charge in [0.05, 0.1) is 39.9 Å². The van der Waals surface area contributed by atoms with Crippen LogP contribution in [-0.2, 0) is 18.4 Å². The van der Waals surface area contributed by atoms with Crippen LogP contribution in [0.2, 0.25) is 0 Å². The monoisotopic (exact) mass is 1090 g/mol. The van der Waals surface area contributed by atoms with Crippen molar-refractivity contribution < 1.29 is 32.9 Å². The number of aliphatic hydroxyl groups excluding tert-OH is 1. The number of nitrogens with one attached hydrogen (secondary N) is 1. The Morgan fingerprint density at radius 1 is 0.461 bits per heavy atom. The number of likely N-dealkylation sites (N-methyl/N-ethyl adjacent to an activating group) is 1. The van der Waals surface area contributed by atoms with Gasteiger partial charge in [-0.05, 0) is 51.4 Å². The van der Waals surface area contributed by atoms with Gasteiger partial charge in [-0.2, -0.15) is 0 Å². The number of allylic oxidation sites excluding steroid dienone is 8. The number of rotatable bonds is 61. The van der Waals surface area contributed by atoms with E-state index in [1.54, 1.807) is 0 Å². The predicted octanol–water partition coefficient (Wildman–Crippen LogP) is 20.7. The number of amides is 1. The first-order valence-electron chi connectivity index (χ1n) is 33.0. The molecule has 9 heteroatoms. The molecule has 3 unspecified atom stereocenters. The fraction of sp³-hybridized carbons (Fsp3) is 0.866. The summed E-state index contributed by atoms with van der Waals surface area (Å²) in [6, 6.07) is -0.758. The summed E-state index contributed by atoms with van der Waals surface area (Å²) < 4.78 is 23.8. The highest BCUT2D eigenvalue weighted by atomic mass is 31.2. The van der Waals surface area contributed by atoms with E-state index in [2.05, 4.69) is 67.8 Å². The normalized spacial score (nSPS) is 14.0. The molecule has 0 aliphatic carbocycles. The van der Waals surface area contributed by atoms with Gasteiger partial charge in [-0.15, -0.1) is 0 Å². The molecule has 8 nitrogen and oxygen atoms in total. The summed E-state index contributed by atoms with van der Waals surface area (Å²) in [6.45, 7) is 4.81. The molecule has 3 N–H and O–H groups in total. The molecule has 3 atom stereocenters. The Bertz CT molecular complexity index is 1380. The van der Waals surface area contributed by atoms with Crippen molar-refractivity contribution in [2.75, 3.05) is 40.9 Å². The molecule has 0 saturated carbocycles. The lowest BCUT2D eigenvalue weighted by Crippen LogP contribution is -2.46. The molecule has 448 valence electrons. The Balaban J connectivity index is 3.87. The number of hydrogen-bond acceptors (Lipinski definition) is 5. The molecular formula is C67H130N2O6P+. The topological polar surface area (TPSA) is 105 Å². The summed E-state index contributed by atoms with van der Waals surface area (Å²) in [5, 5.41) is 14.1. The molecule has 0 aromatic heterocycles. The lowest BCUT2D eigenvalue weighted by Gasteiger charge is -2.26. The summed E-state index contributed by atoms with van der Waals surface area (Å²) in [7, 11) is 1.63. The SMILES string of the molecule is CC/C=C\C/C=C\C/C=C\C/C=C\CCCCCCCCCCCCCCCCCCCCCCCCCCCCC(=O)NC(COP(=O)(O)OCC[N+](C)(C)C)C(O)CCCCCCCCCCCCCCCCC. The van der Waals surface area contributed by atoms with Gasteiger partial charge >= 0.3 is 7.82 Å². The second kappa shape index (κ2) is 58.1. The smallest absolute Gasteiger partial charge is 0.391 e. The third kappa shape index (κ3) is 60.1. The Labute approximate surface area is 473 Å². The third-order valence-electron chi connectivity index (χ3n) is 15.1. The minimum Gasteiger partial charge on any atom is -0.391 e. The van der Waals surface area contributed by atoms with E-state index in [0.29, 0.717) is 23.9 Å². The maximum absolute atomic E-state index is 13.0. The zero-order valence-electron chi connectivity index (χ0n) is 51.3. The van der Waals surface area contributed by atoms with Crippen molar-refractivity contribution in [2.45, 2.75) is 334 Å². The summed E-state index contributed by atoms with van der Waals surface area (Å²) in [5.41, 5.74) is 0. The average Bonchev–Trinajstić information content (AvgIpc) is 3.38. The number of carbonyl (C=O) groups excluding carboxylic acids is 1. The number of quaternary nitrogens is 1. The Hall–Kier alpha value is -1.54. The second-order valence-corrected chi connectivity index (χ2v) is 25.3. The van der Waals surface area contributed by atoms with E-state index in [-0.39, 0.29) is 19.1 Å². The van der Waals surface area contributed by atoms with E-state index < -0.39 is 20.0 Å². The largest absolute Gasteiger partial charge is 0.472 e. The molecular weight excluding hydrogens is 960 g/mol. The maximum Gasteiger partial charge on any atom is 0.472 e. The molecule has 1 amide bonds. The highest BCUT2D eigenvalue weighted by molar-refractivity contribution is 7.47. The minimum absolute atomic E-state index is 0.0768. The quantitative estimate of drug-likeness (QED) is 0.0243. The van der Waals surface area contributed by atoms with Crippen molar-refractivity contribution in [1.82, 2.24) is 5.32 Å². The fourth-order valence-electron chi connectivity index (χ4n) is 9.98. The number of aliphatic hydroxyl groups is 1. The number of nitrogens with zero attached hydrogens (tertiary/aromatic N) is 1. The van der Waals surface area contributed by atoms with Gasteiger partial charge in [0.2, 0.25) is 5.91 Å². The van der Waals surface area contributed by atoms with E-state index in [1.165, 1.54) is 231 Å². The number of phosphoric ester groups is 1. The van der Waals surface area contributed by atoms with Crippen LogP contribution in [0.4, 0.5) is 0 Å². The first kappa shape index (κ1) is 74.5. The molecule has 0 aliphatic rings. The molecule has 0 radical (unpaired) electrons. The van der Waals surface area contributed by atoms with Crippen LogP contribution in [0.25, 0.3) is 0 Å². The van der Waals surface area contributed by atoms with Crippen LogP contribution < -0.4 is 5.32 Å². The summed E-state index contributed by atoms with van der Waals surface area (Å²) in [6.07, 6.45) is 77.8. The average molecular weight is 1090 g/mol. The highest BCUT2D eigenvalue weighted by Crippen LogP contribution is 2.43. The van der Waals surface area contributed by atoms with Crippen LogP contribution in [-0.4, -0.2) is 73.4 Å². The van der Waals surface area contributed by atoms with Crippen molar-refractivity contribution in [2.24, 2.45) is 0 Å². The van der Waals surface area contributed by atoms with Crippen LogP contribution >= 0.6 is 7.82 Å². The summed E-state index contributed by atoms with van der Waals surface area (Å²) >= 11 is 0. The van der Waals surface area contributed by atoms with Crippen molar-refractivity contribution >= 4 is 13.7 Å². The molecule has 0 rings (SSSR count). The highest BCUT2D eigenvalue weighted by Gasteiger charge is 2.28.